The third kappa shape index (κ3) is 1.76. The van der Waals surface area contributed by atoms with Gasteiger partial charge in [-0.15, -0.1) is 0 Å². The van der Waals surface area contributed by atoms with Crippen LogP contribution >= 0.6 is 0 Å². The number of aryl methyl sites for hydroxylation is 1. The van der Waals surface area contributed by atoms with Gasteiger partial charge in [0.25, 0.3) is 0 Å². The Morgan fingerprint density at radius 2 is 2.33 bits per heavy atom. The van der Waals surface area contributed by atoms with Crippen molar-refractivity contribution in [1.29, 1.82) is 0 Å². The second-order valence-electron chi connectivity index (χ2n) is 1.65. The minimum absolute atomic E-state index is 0.348. The highest BCUT2D eigenvalue weighted by atomic mass is 19.1. The second-order valence-corrected chi connectivity index (χ2v) is 1.65. The number of hydrogen-bond donors (Lipinski definition) is 0. The fourth-order valence-electron chi connectivity index (χ4n) is 0.580. The topological polar surface area (TPSA) is 16.8 Å². The molecule has 0 unspecified atom stereocenters. The molecule has 2 nitrogen and oxygen atoms in total. The van der Waals surface area contributed by atoms with E-state index in [0.29, 0.717) is 6.54 Å². The maximum atomic E-state index is 11.6. The molecule has 1 aromatic rings. The third-order valence-corrected chi connectivity index (χ3v) is 0.984. The molecule has 9 heavy (non-hydrogen) atoms. The van der Waals surface area contributed by atoms with Crippen LogP contribution in [0.15, 0.2) is 24.5 Å². The lowest BCUT2D eigenvalue weighted by atomic mass is 10.6. The summed E-state index contributed by atoms with van der Waals surface area (Å²) in [6, 6.07) is 3.62. The fourth-order valence-corrected chi connectivity index (χ4v) is 0.580. The molecule has 0 aliphatic rings. The summed E-state index contributed by atoms with van der Waals surface area (Å²) < 4.78 is 13.2. The average Bonchev–Trinajstić information content (AvgIpc) is 1.91. The van der Waals surface area contributed by atoms with Gasteiger partial charge >= 0.3 is 0 Å². The van der Waals surface area contributed by atoms with Gasteiger partial charge in [-0.3, -0.25) is 0 Å². The number of halogens is 1. The molecular formula is C6H8FN2+. The van der Waals surface area contributed by atoms with Gasteiger partial charge in [0, 0.05) is 6.07 Å². The molecule has 0 atom stereocenters. The van der Waals surface area contributed by atoms with Crippen LogP contribution in [0.3, 0.4) is 0 Å². The van der Waals surface area contributed by atoms with Gasteiger partial charge in [-0.1, -0.05) is 4.68 Å². The number of aromatic nitrogens is 2. The Labute approximate surface area is 52.9 Å². The van der Waals surface area contributed by atoms with Crippen molar-refractivity contribution in [2.75, 3.05) is 6.67 Å². The Bertz CT molecular complexity index is 164. The van der Waals surface area contributed by atoms with Crippen LogP contribution < -0.4 is 4.68 Å². The van der Waals surface area contributed by atoms with E-state index in [1.54, 1.807) is 23.1 Å². The van der Waals surface area contributed by atoms with E-state index in [1.165, 1.54) is 0 Å². The molecule has 0 saturated heterocycles. The first kappa shape index (κ1) is 6.13. The van der Waals surface area contributed by atoms with Crippen LogP contribution in [0, 0.1) is 0 Å². The fraction of sp³-hybridized carbons (Fsp3) is 0.333. The average molecular weight is 127 g/mol. The molecule has 1 aromatic heterocycles. The molecule has 0 N–H and O–H groups in total. The Balaban J connectivity index is 2.61. The predicted octanol–water partition coefficient (Wildman–Crippen LogP) is 0.339. The van der Waals surface area contributed by atoms with Gasteiger partial charge in [0.05, 0.1) is 6.20 Å². The quantitative estimate of drug-likeness (QED) is 0.523. The summed E-state index contributed by atoms with van der Waals surface area (Å²) in [6.45, 7) is -0.0114. The van der Waals surface area contributed by atoms with E-state index in [4.69, 9.17) is 0 Å². The monoisotopic (exact) mass is 127 g/mol. The van der Waals surface area contributed by atoms with Gasteiger partial charge in [-0.25, -0.2) is 4.39 Å². The molecule has 3 heteroatoms. The smallest absolute Gasteiger partial charge is 0.202 e. The van der Waals surface area contributed by atoms with Gasteiger partial charge in [-0.2, -0.15) is 0 Å². The predicted molar refractivity (Wildman–Crippen MR) is 30.4 cm³/mol. The van der Waals surface area contributed by atoms with Crippen molar-refractivity contribution < 1.29 is 9.07 Å². The highest BCUT2D eigenvalue weighted by molar-refractivity contribution is 4.76. The minimum atomic E-state index is -0.359. The van der Waals surface area contributed by atoms with Crippen molar-refractivity contribution >= 4 is 0 Å². The van der Waals surface area contributed by atoms with Gasteiger partial charge in [0.15, 0.2) is 12.9 Å². The molecule has 0 radical (unpaired) electrons. The lowest BCUT2D eigenvalue weighted by Crippen LogP contribution is -2.37. The highest BCUT2D eigenvalue weighted by Crippen LogP contribution is 1.72. The van der Waals surface area contributed by atoms with Crippen LogP contribution in [-0.2, 0) is 6.54 Å². The molecule has 0 aliphatic heterocycles. The zero-order valence-electron chi connectivity index (χ0n) is 5.00. The van der Waals surface area contributed by atoms with E-state index in [9.17, 15) is 4.39 Å². The number of rotatable bonds is 2. The van der Waals surface area contributed by atoms with Gasteiger partial charge in [0.1, 0.15) is 0 Å². The third-order valence-electron chi connectivity index (χ3n) is 0.984. The van der Waals surface area contributed by atoms with Crippen molar-refractivity contribution in [3.63, 3.8) is 0 Å². The molecule has 1 rings (SSSR count). The van der Waals surface area contributed by atoms with Crippen molar-refractivity contribution in [1.82, 2.24) is 5.10 Å². The summed E-state index contributed by atoms with van der Waals surface area (Å²) in [4.78, 5) is 0. The lowest BCUT2D eigenvalue weighted by molar-refractivity contribution is -0.753. The maximum Gasteiger partial charge on any atom is 0.202 e. The van der Waals surface area contributed by atoms with E-state index in [-0.39, 0.29) is 6.67 Å². The number of hydrogen-bond acceptors (Lipinski definition) is 1. The summed E-state index contributed by atoms with van der Waals surface area (Å²) in [5.74, 6) is 0. The molecule has 0 aliphatic carbocycles. The SMILES string of the molecule is FCC[n+]1ccccn1. The summed E-state index contributed by atoms with van der Waals surface area (Å²) in [7, 11) is 0. The van der Waals surface area contributed by atoms with Crippen molar-refractivity contribution in [3.8, 4) is 0 Å². The highest BCUT2D eigenvalue weighted by Gasteiger charge is 1.95. The van der Waals surface area contributed by atoms with Crippen LogP contribution in [0.2, 0.25) is 0 Å². The standard InChI is InChI=1S/C6H8FN2/c7-3-6-9-5-2-1-4-8-9/h1-2,4-5H,3,6H2/q+1. The molecule has 0 saturated carbocycles. The zero-order chi connectivity index (χ0) is 6.53. The molecule has 0 bridgehead atoms. The Hall–Kier alpha value is -0.990. The first-order chi connectivity index (χ1) is 4.43. The zero-order valence-corrected chi connectivity index (χ0v) is 5.00. The van der Waals surface area contributed by atoms with Gasteiger partial charge < -0.3 is 0 Å². The van der Waals surface area contributed by atoms with Crippen LogP contribution in [0.4, 0.5) is 4.39 Å². The largest absolute Gasteiger partial charge is 0.244 e. The summed E-state index contributed by atoms with van der Waals surface area (Å²) in [5.41, 5.74) is 0. The minimum Gasteiger partial charge on any atom is -0.244 e. The normalized spacial score (nSPS) is 9.44. The van der Waals surface area contributed by atoms with Crippen molar-refractivity contribution in [2.24, 2.45) is 0 Å². The van der Waals surface area contributed by atoms with Gasteiger partial charge in [-0.05, 0) is 11.2 Å². The van der Waals surface area contributed by atoms with E-state index >= 15 is 0 Å². The first-order valence-corrected chi connectivity index (χ1v) is 2.80. The van der Waals surface area contributed by atoms with E-state index < -0.39 is 0 Å². The van der Waals surface area contributed by atoms with Crippen LogP contribution in [0.5, 0.6) is 0 Å². The maximum absolute atomic E-state index is 11.6. The molecular weight excluding hydrogens is 119 g/mol. The summed E-state index contributed by atoms with van der Waals surface area (Å²) in [5, 5.41) is 3.85. The molecule has 1 heterocycles. The van der Waals surface area contributed by atoms with Gasteiger partial charge in [0.2, 0.25) is 6.54 Å². The first-order valence-electron chi connectivity index (χ1n) is 2.80. The number of alkyl halides is 1. The summed E-state index contributed by atoms with van der Waals surface area (Å²) in [6.07, 6.45) is 3.37. The summed E-state index contributed by atoms with van der Waals surface area (Å²) >= 11 is 0. The Kier molecular flexibility index (Phi) is 2.13. The van der Waals surface area contributed by atoms with E-state index in [2.05, 4.69) is 5.10 Å². The molecule has 48 valence electrons. The van der Waals surface area contributed by atoms with E-state index in [0.717, 1.165) is 0 Å². The van der Waals surface area contributed by atoms with Crippen molar-refractivity contribution in [2.45, 2.75) is 6.54 Å². The molecule has 0 spiro atoms. The molecule has 0 aromatic carbocycles. The molecule has 0 amide bonds. The van der Waals surface area contributed by atoms with E-state index in [1.807, 2.05) is 6.07 Å². The van der Waals surface area contributed by atoms with Crippen LogP contribution in [0.1, 0.15) is 0 Å². The lowest BCUT2D eigenvalue weighted by Gasteiger charge is -1.84. The van der Waals surface area contributed by atoms with Crippen LogP contribution in [-0.4, -0.2) is 11.8 Å². The van der Waals surface area contributed by atoms with Crippen LogP contribution in [0.25, 0.3) is 0 Å². The van der Waals surface area contributed by atoms with Crippen molar-refractivity contribution in [3.05, 3.63) is 24.5 Å². The Morgan fingerprint density at radius 1 is 1.44 bits per heavy atom. The number of nitrogens with zero attached hydrogens (tertiary/aromatic N) is 2. The second kappa shape index (κ2) is 3.12. The Morgan fingerprint density at radius 3 is 2.89 bits per heavy atom. The molecule has 0 fully saturated rings.